The van der Waals surface area contributed by atoms with Crippen molar-refractivity contribution in [3.05, 3.63) is 65.2 Å². The Bertz CT molecular complexity index is 506. The molecule has 0 aliphatic carbocycles. The SMILES string of the molecule is Cc1cccc(C(O)COc2ccccc2)c1C. The highest BCUT2D eigenvalue weighted by Crippen LogP contribution is 2.21. The number of rotatable bonds is 4. The van der Waals surface area contributed by atoms with Crippen LogP contribution in [0, 0.1) is 13.8 Å². The minimum Gasteiger partial charge on any atom is -0.491 e. The second-order valence-corrected chi connectivity index (χ2v) is 4.43. The number of aliphatic hydroxyl groups is 1. The fourth-order valence-electron chi connectivity index (χ4n) is 1.92. The van der Waals surface area contributed by atoms with Gasteiger partial charge in [-0.25, -0.2) is 0 Å². The van der Waals surface area contributed by atoms with Crippen LogP contribution in [0.3, 0.4) is 0 Å². The van der Waals surface area contributed by atoms with Gasteiger partial charge in [-0.05, 0) is 42.7 Å². The van der Waals surface area contributed by atoms with Crippen LogP contribution < -0.4 is 4.74 Å². The summed E-state index contributed by atoms with van der Waals surface area (Å²) in [5, 5.41) is 10.2. The number of benzene rings is 2. The molecule has 0 saturated heterocycles. The fourth-order valence-corrected chi connectivity index (χ4v) is 1.92. The Morgan fingerprint density at radius 3 is 2.44 bits per heavy atom. The summed E-state index contributed by atoms with van der Waals surface area (Å²) in [7, 11) is 0. The third kappa shape index (κ3) is 2.90. The Kier molecular flexibility index (Phi) is 4.00. The molecule has 0 aliphatic rings. The molecule has 0 aromatic heterocycles. The lowest BCUT2D eigenvalue weighted by molar-refractivity contribution is 0.107. The molecule has 0 heterocycles. The van der Waals surface area contributed by atoms with Gasteiger partial charge < -0.3 is 9.84 Å². The lowest BCUT2D eigenvalue weighted by Gasteiger charge is -2.16. The topological polar surface area (TPSA) is 29.5 Å². The van der Waals surface area contributed by atoms with E-state index in [1.165, 1.54) is 5.56 Å². The van der Waals surface area contributed by atoms with E-state index in [0.717, 1.165) is 16.9 Å². The highest BCUT2D eigenvalue weighted by atomic mass is 16.5. The Hall–Kier alpha value is -1.80. The minimum atomic E-state index is -0.592. The second kappa shape index (κ2) is 5.69. The summed E-state index contributed by atoms with van der Waals surface area (Å²) >= 11 is 0. The van der Waals surface area contributed by atoms with Crippen LogP contribution in [0.15, 0.2) is 48.5 Å². The molecule has 94 valence electrons. The van der Waals surface area contributed by atoms with E-state index < -0.39 is 6.10 Å². The molecule has 18 heavy (non-hydrogen) atoms. The maximum Gasteiger partial charge on any atom is 0.119 e. The van der Waals surface area contributed by atoms with Crippen molar-refractivity contribution < 1.29 is 9.84 Å². The van der Waals surface area contributed by atoms with Gasteiger partial charge in [-0.3, -0.25) is 0 Å². The maximum atomic E-state index is 10.2. The lowest BCUT2D eigenvalue weighted by Crippen LogP contribution is -2.11. The van der Waals surface area contributed by atoms with E-state index in [2.05, 4.69) is 0 Å². The smallest absolute Gasteiger partial charge is 0.119 e. The molecule has 2 heteroatoms. The van der Waals surface area contributed by atoms with Crippen LogP contribution in [0.2, 0.25) is 0 Å². The summed E-state index contributed by atoms with van der Waals surface area (Å²) in [6.07, 6.45) is -0.592. The Labute approximate surface area is 108 Å². The average molecular weight is 242 g/mol. The van der Waals surface area contributed by atoms with Crippen molar-refractivity contribution in [3.63, 3.8) is 0 Å². The van der Waals surface area contributed by atoms with E-state index in [1.54, 1.807) is 0 Å². The van der Waals surface area contributed by atoms with Gasteiger partial charge in [-0.1, -0.05) is 36.4 Å². The highest BCUT2D eigenvalue weighted by Gasteiger charge is 2.12. The second-order valence-electron chi connectivity index (χ2n) is 4.43. The zero-order valence-corrected chi connectivity index (χ0v) is 10.8. The lowest BCUT2D eigenvalue weighted by atomic mass is 10.00. The van der Waals surface area contributed by atoms with Crippen molar-refractivity contribution in [2.45, 2.75) is 20.0 Å². The van der Waals surface area contributed by atoms with Crippen molar-refractivity contribution in [1.82, 2.24) is 0 Å². The molecule has 2 rings (SSSR count). The first-order valence-electron chi connectivity index (χ1n) is 6.10. The van der Waals surface area contributed by atoms with Gasteiger partial charge in [0.25, 0.3) is 0 Å². The molecule has 0 bridgehead atoms. The van der Waals surface area contributed by atoms with E-state index in [9.17, 15) is 5.11 Å². The van der Waals surface area contributed by atoms with Gasteiger partial charge in [-0.15, -0.1) is 0 Å². The molecule has 2 aromatic carbocycles. The van der Waals surface area contributed by atoms with Crippen LogP contribution >= 0.6 is 0 Å². The molecule has 0 radical (unpaired) electrons. The minimum absolute atomic E-state index is 0.272. The van der Waals surface area contributed by atoms with Crippen molar-refractivity contribution in [3.8, 4) is 5.75 Å². The third-order valence-corrected chi connectivity index (χ3v) is 3.16. The molecular weight excluding hydrogens is 224 g/mol. The van der Waals surface area contributed by atoms with Crippen LogP contribution in [-0.2, 0) is 0 Å². The van der Waals surface area contributed by atoms with Gasteiger partial charge in [0.2, 0.25) is 0 Å². The van der Waals surface area contributed by atoms with E-state index in [-0.39, 0.29) is 6.61 Å². The zero-order valence-electron chi connectivity index (χ0n) is 10.8. The number of hydrogen-bond acceptors (Lipinski definition) is 2. The fraction of sp³-hybridized carbons (Fsp3) is 0.250. The number of aryl methyl sites for hydroxylation is 1. The van der Waals surface area contributed by atoms with Gasteiger partial charge in [0, 0.05) is 0 Å². The van der Waals surface area contributed by atoms with E-state index in [4.69, 9.17) is 4.74 Å². The molecule has 1 N–H and O–H groups in total. The molecular formula is C16H18O2. The summed E-state index contributed by atoms with van der Waals surface area (Å²) in [6, 6.07) is 15.5. The molecule has 2 aromatic rings. The summed E-state index contributed by atoms with van der Waals surface area (Å²) in [5.74, 6) is 0.779. The van der Waals surface area contributed by atoms with Gasteiger partial charge >= 0.3 is 0 Å². The predicted molar refractivity (Wildman–Crippen MR) is 72.8 cm³/mol. The van der Waals surface area contributed by atoms with E-state index in [1.807, 2.05) is 62.4 Å². The van der Waals surface area contributed by atoms with Crippen molar-refractivity contribution in [1.29, 1.82) is 0 Å². The first-order chi connectivity index (χ1) is 8.68. The molecule has 0 fully saturated rings. The van der Waals surface area contributed by atoms with Crippen LogP contribution in [0.1, 0.15) is 22.8 Å². The number of para-hydroxylation sites is 1. The Balaban J connectivity index is 2.04. The predicted octanol–water partition coefficient (Wildman–Crippen LogP) is 3.42. The first kappa shape index (κ1) is 12.7. The Morgan fingerprint density at radius 1 is 1.00 bits per heavy atom. The highest BCUT2D eigenvalue weighted by molar-refractivity contribution is 5.34. The summed E-state index contributed by atoms with van der Waals surface area (Å²) in [6.45, 7) is 4.34. The standard InChI is InChI=1S/C16H18O2/c1-12-7-6-10-15(13(12)2)16(17)11-18-14-8-4-3-5-9-14/h3-10,16-17H,11H2,1-2H3. The Morgan fingerprint density at radius 2 is 1.72 bits per heavy atom. The monoisotopic (exact) mass is 242 g/mol. The van der Waals surface area contributed by atoms with Gasteiger partial charge in [0.1, 0.15) is 18.5 Å². The number of aliphatic hydroxyl groups excluding tert-OH is 1. The summed E-state index contributed by atoms with van der Waals surface area (Å²) < 4.78 is 5.57. The van der Waals surface area contributed by atoms with Crippen molar-refractivity contribution in [2.24, 2.45) is 0 Å². The van der Waals surface area contributed by atoms with E-state index >= 15 is 0 Å². The number of ether oxygens (including phenoxy) is 1. The first-order valence-corrected chi connectivity index (χ1v) is 6.10. The molecule has 0 aliphatic heterocycles. The van der Waals surface area contributed by atoms with Crippen LogP contribution in [-0.4, -0.2) is 11.7 Å². The summed E-state index contributed by atoms with van der Waals surface area (Å²) in [4.78, 5) is 0. The third-order valence-electron chi connectivity index (χ3n) is 3.16. The van der Waals surface area contributed by atoms with Crippen LogP contribution in [0.5, 0.6) is 5.75 Å². The van der Waals surface area contributed by atoms with Crippen molar-refractivity contribution in [2.75, 3.05) is 6.61 Å². The molecule has 2 nitrogen and oxygen atoms in total. The molecule has 0 saturated carbocycles. The van der Waals surface area contributed by atoms with Crippen LogP contribution in [0.4, 0.5) is 0 Å². The molecule has 1 atom stereocenters. The average Bonchev–Trinajstić information content (AvgIpc) is 2.40. The number of hydrogen-bond donors (Lipinski definition) is 1. The summed E-state index contributed by atoms with van der Waals surface area (Å²) in [5.41, 5.74) is 3.25. The maximum absolute atomic E-state index is 10.2. The van der Waals surface area contributed by atoms with Crippen LogP contribution in [0.25, 0.3) is 0 Å². The largest absolute Gasteiger partial charge is 0.491 e. The quantitative estimate of drug-likeness (QED) is 0.890. The molecule has 1 unspecified atom stereocenters. The molecule has 0 spiro atoms. The van der Waals surface area contributed by atoms with Crippen molar-refractivity contribution >= 4 is 0 Å². The molecule has 0 amide bonds. The zero-order chi connectivity index (χ0) is 13.0. The van der Waals surface area contributed by atoms with Gasteiger partial charge in [-0.2, -0.15) is 0 Å². The van der Waals surface area contributed by atoms with Gasteiger partial charge in [0.05, 0.1) is 0 Å². The van der Waals surface area contributed by atoms with Gasteiger partial charge in [0.15, 0.2) is 0 Å². The van der Waals surface area contributed by atoms with E-state index in [0.29, 0.717) is 0 Å². The normalized spacial score (nSPS) is 12.2.